The van der Waals surface area contributed by atoms with Gasteiger partial charge < -0.3 is 15.2 Å². The highest BCUT2D eigenvalue weighted by Crippen LogP contribution is 2.30. The second kappa shape index (κ2) is 6.74. The summed E-state index contributed by atoms with van der Waals surface area (Å²) in [5, 5.41) is 0. The Morgan fingerprint density at radius 3 is 2.75 bits per heavy atom. The van der Waals surface area contributed by atoms with Crippen LogP contribution in [0.3, 0.4) is 0 Å². The smallest absolute Gasteiger partial charge is 0.337 e. The van der Waals surface area contributed by atoms with Gasteiger partial charge in [0, 0.05) is 12.4 Å². The van der Waals surface area contributed by atoms with Gasteiger partial charge in [0.2, 0.25) is 11.8 Å². The highest BCUT2D eigenvalue weighted by molar-refractivity contribution is 5.89. The standard InChI is InChI=1S/C17H14N4O3/c1-23-16(22)11-4-2-5-12(10-11)24-15-13(6-3-8-19-15)14-7-9-20-17(18)21-14/h2-10H,1H3,(H2,18,20,21). The Hall–Kier alpha value is -3.48. The fourth-order valence-corrected chi connectivity index (χ4v) is 2.11. The van der Waals surface area contributed by atoms with Crippen molar-refractivity contribution < 1.29 is 14.3 Å². The van der Waals surface area contributed by atoms with Crippen molar-refractivity contribution in [3.8, 4) is 22.9 Å². The number of pyridine rings is 1. The normalized spacial score (nSPS) is 10.2. The van der Waals surface area contributed by atoms with Gasteiger partial charge >= 0.3 is 5.97 Å². The van der Waals surface area contributed by atoms with Crippen LogP contribution in [0.5, 0.6) is 11.6 Å². The van der Waals surface area contributed by atoms with Gasteiger partial charge in [-0.2, -0.15) is 0 Å². The van der Waals surface area contributed by atoms with Crippen molar-refractivity contribution in [2.45, 2.75) is 0 Å². The fraction of sp³-hybridized carbons (Fsp3) is 0.0588. The molecule has 24 heavy (non-hydrogen) atoms. The fourth-order valence-electron chi connectivity index (χ4n) is 2.11. The van der Waals surface area contributed by atoms with Gasteiger partial charge in [0.1, 0.15) is 5.75 Å². The number of methoxy groups -OCH3 is 1. The number of ether oxygens (including phenoxy) is 2. The van der Waals surface area contributed by atoms with Gasteiger partial charge in [-0.05, 0) is 36.4 Å². The maximum Gasteiger partial charge on any atom is 0.337 e. The Morgan fingerprint density at radius 2 is 1.96 bits per heavy atom. The van der Waals surface area contributed by atoms with Crippen molar-refractivity contribution in [2.75, 3.05) is 12.8 Å². The molecular weight excluding hydrogens is 308 g/mol. The molecule has 0 amide bonds. The van der Waals surface area contributed by atoms with Crippen LogP contribution < -0.4 is 10.5 Å². The minimum atomic E-state index is -0.440. The molecule has 0 radical (unpaired) electrons. The Balaban J connectivity index is 1.96. The number of nitrogens with zero attached hydrogens (tertiary/aromatic N) is 3. The lowest BCUT2D eigenvalue weighted by Crippen LogP contribution is -2.01. The Kier molecular flexibility index (Phi) is 4.33. The number of carbonyl (C=O) groups is 1. The van der Waals surface area contributed by atoms with E-state index < -0.39 is 5.97 Å². The van der Waals surface area contributed by atoms with Crippen LogP contribution in [0.1, 0.15) is 10.4 Å². The van der Waals surface area contributed by atoms with E-state index in [2.05, 4.69) is 15.0 Å². The van der Waals surface area contributed by atoms with Crippen LogP contribution in [0.25, 0.3) is 11.3 Å². The first-order valence-electron chi connectivity index (χ1n) is 7.07. The summed E-state index contributed by atoms with van der Waals surface area (Å²) in [4.78, 5) is 23.9. The highest BCUT2D eigenvalue weighted by Gasteiger charge is 2.12. The second-order valence-electron chi connectivity index (χ2n) is 4.78. The number of esters is 1. The van der Waals surface area contributed by atoms with E-state index in [1.54, 1.807) is 48.8 Å². The minimum Gasteiger partial charge on any atom is -0.465 e. The van der Waals surface area contributed by atoms with Gasteiger partial charge in [0.05, 0.1) is 23.9 Å². The number of carbonyl (C=O) groups excluding carboxylic acids is 1. The van der Waals surface area contributed by atoms with Crippen LogP contribution in [0.15, 0.2) is 54.9 Å². The molecule has 0 unspecified atom stereocenters. The van der Waals surface area contributed by atoms with Crippen molar-refractivity contribution in [3.63, 3.8) is 0 Å². The van der Waals surface area contributed by atoms with Crippen molar-refractivity contribution >= 4 is 11.9 Å². The summed E-state index contributed by atoms with van der Waals surface area (Å²) in [5.74, 6) is 0.526. The number of benzene rings is 1. The molecule has 2 aromatic heterocycles. The van der Waals surface area contributed by atoms with Crippen LogP contribution >= 0.6 is 0 Å². The zero-order valence-electron chi connectivity index (χ0n) is 12.8. The van der Waals surface area contributed by atoms with Gasteiger partial charge in [-0.25, -0.2) is 19.7 Å². The first kappa shape index (κ1) is 15.4. The lowest BCUT2D eigenvalue weighted by Gasteiger charge is -2.10. The SMILES string of the molecule is COC(=O)c1cccc(Oc2ncccc2-c2ccnc(N)n2)c1. The number of nitrogens with two attached hydrogens (primary N) is 1. The van der Waals surface area contributed by atoms with Crippen LogP contribution in [-0.2, 0) is 4.74 Å². The molecule has 3 rings (SSSR count). The van der Waals surface area contributed by atoms with Crippen LogP contribution in [-0.4, -0.2) is 28.0 Å². The molecule has 0 bridgehead atoms. The maximum absolute atomic E-state index is 11.6. The van der Waals surface area contributed by atoms with E-state index in [-0.39, 0.29) is 5.95 Å². The molecule has 3 aromatic rings. The van der Waals surface area contributed by atoms with Crippen LogP contribution in [0.4, 0.5) is 5.95 Å². The van der Waals surface area contributed by atoms with E-state index >= 15 is 0 Å². The summed E-state index contributed by atoms with van der Waals surface area (Å²) in [7, 11) is 1.33. The molecule has 0 saturated carbocycles. The summed E-state index contributed by atoms with van der Waals surface area (Å²) >= 11 is 0. The number of hydrogen-bond donors (Lipinski definition) is 1. The lowest BCUT2D eigenvalue weighted by molar-refractivity contribution is 0.0600. The van der Waals surface area contributed by atoms with Gasteiger partial charge in [-0.3, -0.25) is 0 Å². The van der Waals surface area contributed by atoms with Gasteiger partial charge in [-0.1, -0.05) is 6.07 Å². The third-order valence-electron chi connectivity index (χ3n) is 3.19. The van der Waals surface area contributed by atoms with Crippen molar-refractivity contribution in [1.29, 1.82) is 0 Å². The summed E-state index contributed by atoms with van der Waals surface area (Å²) < 4.78 is 10.5. The Labute approximate surface area is 138 Å². The molecule has 0 atom stereocenters. The zero-order chi connectivity index (χ0) is 16.9. The molecule has 7 heteroatoms. The second-order valence-corrected chi connectivity index (χ2v) is 4.78. The molecule has 2 N–H and O–H groups in total. The molecular formula is C17H14N4O3. The molecule has 0 aliphatic heterocycles. The average molecular weight is 322 g/mol. The highest BCUT2D eigenvalue weighted by atomic mass is 16.5. The Morgan fingerprint density at radius 1 is 1.08 bits per heavy atom. The summed E-state index contributed by atoms with van der Waals surface area (Å²) in [5.41, 5.74) is 7.27. The number of rotatable bonds is 4. The van der Waals surface area contributed by atoms with Crippen LogP contribution in [0, 0.1) is 0 Å². The van der Waals surface area contributed by atoms with Crippen LogP contribution in [0.2, 0.25) is 0 Å². The van der Waals surface area contributed by atoms with E-state index in [0.717, 1.165) is 0 Å². The average Bonchev–Trinajstić information content (AvgIpc) is 2.62. The van der Waals surface area contributed by atoms with Gasteiger partial charge in [0.25, 0.3) is 0 Å². The van der Waals surface area contributed by atoms with Crippen molar-refractivity contribution in [1.82, 2.24) is 15.0 Å². The molecule has 7 nitrogen and oxygen atoms in total. The van der Waals surface area contributed by atoms with Crippen molar-refractivity contribution in [2.24, 2.45) is 0 Å². The van der Waals surface area contributed by atoms with E-state index in [0.29, 0.717) is 28.5 Å². The molecule has 0 aliphatic carbocycles. The maximum atomic E-state index is 11.6. The first-order chi connectivity index (χ1) is 11.7. The predicted octanol–water partition coefficient (Wildman–Crippen LogP) is 2.70. The molecule has 1 aromatic carbocycles. The first-order valence-corrected chi connectivity index (χ1v) is 7.07. The quantitative estimate of drug-likeness (QED) is 0.737. The monoisotopic (exact) mass is 322 g/mol. The molecule has 0 fully saturated rings. The largest absolute Gasteiger partial charge is 0.465 e. The van der Waals surface area contributed by atoms with Crippen molar-refractivity contribution in [3.05, 3.63) is 60.4 Å². The molecule has 120 valence electrons. The van der Waals surface area contributed by atoms with E-state index in [4.69, 9.17) is 15.2 Å². The number of aromatic nitrogens is 3. The minimum absolute atomic E-state index is 0.162. The number of hydrogen-bond acceptors (Lipinski definition) is 7. The summed E-state index contributed by atoms with van der Waals surface area (Å²) in [6.07, 6.45) is 3.17. The number of nitrogen functional groups attached to an aromatic ring is 1. The third kappa shape index (κ3) is 3.30. The topological polar surface area (TPSA) is 100 Å². The molecule has 0 saturated heterocycles. The molecule has 2 heterocycles. The molecule has 0 spiro atoms. The third-order valence-corrected chi connectivity index (χ3v) is 3.19. The number of anilines is 1. The summed E-state index contributed by atoms with van der Waals surface area (Å²) in [6, 6.07) is 11.9. The van der Waals surface area contributed by atoms with Gasteiger partial charge in [-0.15, -0.1) is 0 Å². The lowest BCUT2D eigenvalue weighted by atomic mass is 10.2. The molecule has 0 aliphatic rings. The zero-order valence-corrected chi connectivity index (χ0v) is 12.8. The summed E-state index contributed by atoms with van der Waals surface area (Å²) in [6.45, 7) is 0. The van der Waals surface area contributed by atoms with Gasteiger partial charge in [0.15, 0.2) is 0 Å². The van der Waals surface area contributed by atoms with E-state index in [1.165, 1.54) is 7.11 Å². The van der Waals surface area contributed by atoms with E-state index in [9.17, 15) is 4.79 Å². The predicted molar refractivity (Wildman–Crippen MR) is 87.5 cm³/mol. The Bertz CT molecular complexity index is 883. The van der Waals surface area contributed by atoms with E-state index in [1.807, 2.05) is 6.07 Å².